The van der Waals surface area contributed by atoms with Gasteiger partial charge in [0.05, 0.1) is 6.04 Å². The topological polar surface area (TPSA) is 112 Å². The fraction of sp³-hybridized carbons (Fsp3) is 0.516. The van der Waals surface area contributed by atoms with Crippen molar-refractivity contribution in [2.75, 3.05) is 40.3 Å². The summed E-state index contributed by atoms with van der Waals surface area (Å²) in [5.74, 6) is -0.282. The zero-order valence-electron chi connectivity index (χ0n) is 24.5. The van der Waals surface area contributed by atoms with Crippen LogP contribution < -0.4 is 26.0 Å². The Kier molecular flexibility index (Phi) is 12.0. The molecular formula is C31H45N5O4. The van der Waals surface area contributed by atoms with Gasteiger partial charge in [-0.1, -0.05) is 61.9 Å². The number of carbonyl (C=O) groups excluding carboxylic acids is 3. The minimum atomic E-state index is -0.797. The van der Waals surface area contributed by atoms with Crippen molar-refractivity contribution in [2.45, 2.75) is 58.2 Å². The van der Waals surface area contributed by atoms with Gasteiger partial charge in [0.25, 0.3) is 0 Å². The van der Waals surface area contributed by atoms with E-state index in [-0.39, 0.29) is 23.6 Å². The molecule has 0 unspecified atom stereocenters. The van der Waals surface area contributed by atoms with E-state index in [1.807, 2.05) is 82.2 Å². The quantitative estimate of drug-likeness (QED) is 0.451. The fourth-order valence-electron chi connectivity index (χ4n) is 4.80. The van der Waals surface area contributed by atoms with Crippen molar-refractivity contribution < 1.29 is 19.1 Å². The average Bonchev–Trinajstić information content (AvgIpc) is 2.90. The molecule has 1 aliphatic rings. The van der Waals surface area contributed by atoms with E-state index in [0.717, 1.165) is 35.3 Å². The van der Waals surface area contributed by atoms with E-state index < -0.39 is 18.1 Å². The summed E-state index contributed by atoms with van der Waals surface area (Å²) in [6.45, 7) is 7.43. The average molecular weight is 552 g/mol. The van der Waals surface area contributed by atoms with Gasteiger partial charge in [-0.05, 0) is 63.4 Å². The third-order valence-electron chi connectivity index (χ3n) is 6.91. The summed E-state index contributed by atoms with van der Waals surface area (Å²) in [5.41, 5.74) is 3.20. The number of fused-ring (bicyclic) bond motifs is 1. The van der Waals surface area contributed by atoms with Gasteiger partial charge in [-0.15, -0.1) is 0 Å². The van der Waals surface area contributed by atoms with Crippen LogP contribution in [0.2, 0.25) is 0 Å². The molecule has 3 rings (SSSR count). The minimum Gasteiger partial charge on any atom is -0.492 e. The summed E-state index contributed by atoms with van der Waals surface area (Å²) >= 11 is 0. The number of para-hydroxylation sites is 1. The standard InChI is InChI=1S/C31H45N5O4/c1-21(2)28-31(39)34-26(20-36(4)5)29(37)33-15-9-13-24-12-6-7-14-27(24)40-17-16-32-25(30(38)35-28)19-23-11-8-10-22(3)18-23/h6-8,10-12,14,18,21,25-26,28,32H,9,13,15-17,19-20H2,1-5H3,(H,33,37)(H,34,39)(H,35,38)/t25-,26+,28-/m1/s1. The van der Waals surface area contributed by atoms with Crippen molar-refractivity contribution in [1.29, 1.82) is 0 Å². The van der Waals surface area contributed by atoms with Crippen LogP contribution in [0.25, 0.3) is 0 Å². The SMILES string of the molecule is Cc1cccc(C[C@H]2NCCOc3ccccc3CCCNC(=O)[C@H](CN(C)C)NC(=O)[C@@H](C(C)C)NC2=O)c1. The molecule has 40 heavy (non-hydrogen) atoms. The minimum absolute atomic E-state index is 0.183. The molecule has 218 valence electrons. The number of nitrogens with zero attached hydrogens (tertiary/aromatic N) is 1. The van der Waals surface area contributed by atoms with E-state index in [0.29, 0.717) is 32.7 Å². The Labute approximate surface area is 238 Å². The maximum absolute atomic E-state index is 13.6. The van der Waals surface area contributed by atoms with Gasteiger partial charge in [0.15, 0.2) is 0 Å². The van der Waals surface area contributed by atoms with Gasteiger partial charge in [0.2, 0.25) is 17.7 Å². The number of carbonyl (C=O) groups is 3. The maximum atomic E-state index is 13.6. The van der Waals surface area contributed by atoms with E-state index in [9.17, 15) is 14.4 Å². The molecule has 0 saturated heterocycles. The van der Waals surface area contributed by atoms with E-state index in [1.165, 1.54) is 0 Å². The lowest BCUT2D eigenvalue weighted by Gasteiger charge is -2.28. The molecule has 2 aromatic rings. The highest BCUT2D eigenvalue weighted by atomic mass is 16.5. The molecule has 1 aliphatic heterocycles. The first-order chi connectivity index (χ1) is 19.1. The van der Waals surface area contributed by atoms with Crippen LogP contribution in [0.5, 0.6) is 5.75 Å². The second-order valence-corrected chi connectivity index (χ2v) is 11.1. The number of amides is 3. The fourth-order valence-corrected chi connectivity index (χ4v) is 4.80. The van der Waals surface area contributed by atoms with Crippen LogP contribution >= 0.6 is 0 Å². The largest absolute Gasteiger partial charge is 0.492 e. The molecule has 2 aromatic carbocycles. The number of hydrogen-bond donors (Lipinski definition) is 4. The third-order valence-corrected chi connectivity index (χ3v) is 6.91. The summed E-state index contributed by atoms with van der Waals surface area (Å²) in [6.07, 6.45) is 1.93. The van der Waals surface area contributed by atoms with Crippen LogP contribution in [-0.4, -0.2) is 81.1 Å². The molecule has 9 heteroatoms. The summed E-state index contributed by atoms with van der Waals surface area (Å²) < 4.78 is 6.09. The van der Waals surface area contributed by atoms with Gasteiger partial charge >= 0.3 is 0 Å². The molecule has 3 atom stereocenters. The molecule has 3 amide bonds. The van der Waals surface area contributed by atoms with E-state index in [4.69, 9.17) is 4.74 Å². The van der Waals surface area contributed by atoms with Crippen LogP contribution in [0.1, 0.15) is 37.0 Å². The Hall–Kier alpha value is -3.43. The highest BCUT2D eigenvalue weighted by molar-refractivity contribution is 5.93. The Morgan fingerprint density at radius 3 is 2.42 bits per heavy atom. The Morgan fingerprint density at radius 1 is 0.925 bits per heavy atom. The summed E-state index contributed by atoms with van der Waals surface area (Å²) in [4.78, 5) is 42.0. The first-order valence-corrected chi connectivity index (χ1v) is 14.2. The predicted octanol–water partition coefficient (Wildman–Crippen LogP) is 1.82. The van der Waals surface area contributed by atoms with Gasteiger partial charge in [-0.2, -0.15) is 0 Å². The van der Waals surface area contributed by atoms with Gasteiger partial charge < -0.3 is 30.9 Å². The van der Waals surface area contributed by atoms with E-state index in [1.54, 1.807) is 0 Å². The van der Waals surface area contributed by atoms with Gasteiger partial charge in [-0.3, -0.25) is 14.4 Å². The number of benzene rings is 2. The van der Waals surface area contributed by atoms with Crippen LogP contribution in [0.4, 0.5) is 0 Å². The summed E-state index contributed by atoms with van der Waals surface area (Å²) in [7, 11) is 3.70. The van der Waals surface area contributed by atoms with Crippen LogP contribution in [0, 0.1) is 12.8 Å². The zero-order chi connectivity index (χ0) is 29.1. The molecular weight excluding hydrogens is 506 g/mol. The molecule has 0 aliphatic carbocycles. The number of ether oxygens (including phenoxy) is 1. The second kappa shape index (κ2) is 15.4. The number of aryl methyl sites for hydroxylation is 2. The van der Waals surface area contributed by atoms with Crippen molar-refractivity contribution in [3.05, 3.63) is 65.2 Å². The van der Waals surface area contributed by atoms with Crippen molar-refractivity contribution in [1.82, 2.24) is 26.2 Å². The normalized spacial score (nSPS) is 21.9. The number of nitrogens with one attached hydrogen (secondary N) is 4. The first-order valence-electron chi connectivity index (χ1n) is 14.2. The molecule has 1 heterocycles. The molecule has 0 radical (unpaired) electrons. The van der Waals surface area contributed by atoms with Gasteiger partial charge in [0, 0.05) is 19.6 Å². The number of rotatable bonds is 5. The third kappa shape index (κ3) is 9.64. The smallest absolute Gasteiger partial charge is 0.243 e. The Bertz CT molecular complexity index is 1140. The predicted molar refractivity (Wildman–Crippen MR) is 157 cm³/mol. The number of likely N-dealkylation sites (N-methyl/N-ethyl adjacent to an activating group) is 1. The monoisotopic (exact) mass is 551 g/mol. The molecule has 4 N–H and O–H groups in total. The molecule has 0 spiro atoms. The lowest BCUT2D eigenvalue weighted by molar-refractivity contribution is -0.133. The zero-order valence-corrected chi connectivity index (χ0v) is 24.5. The highest BCUT2D eigenvalue weighted by Gasteiger charge is 2.31. The maximum Gasteiger partial charge on any atom is 0.243 e. The van der Waals surface area contributed by atoms with Crippen LogP contribution in [-0.2, 0) is 27.2 Å². The first kappa shape index (κ1) is 31.1. The highest BCUT2D eigenvalue weighted by Crippen LogP contribution is 2.19. The second-order valence-electron chi connectivity index (χ2n) is 11.1. The van der Waals surface area contributed by atoms with E-state index >= 15 is 0 Å². The van der Waals surface area contributed by atoms with Crippen LogP contribution in [0.3, 0.4) is 0 Å². The lowest BCUT2D eigenvalue weighted by Crippen LogP contribution is -2.59. The Morgan fingerprint density at radius 2 is 1.70 bits per heavy atom. The summed E-state index contributed by atoms with van der Waals surface area (Å²) in [6, 6.07) is 13.8. The van der Waals surface area contributed by atoms with E-state index in [2.05, 4.69) is 27.3 Å². The molecule has 9 nitrogen and oxygen atoms in total. The Balaban J connectivity index is 1.87. The molecule has 0 aromatic heterocycles. The molecule has 0 bridgehead atoms. The van der Waals surface area contributed by atoms with Crippen molar-refractivity contribution in [3.8, 4) is 5.75 Å². The molecule has 0 fully saturated rings. The van der Waals surface area contributed by atoms with Crippen molar-refractivity contribution >= 4 is 17.7 Å². The lowest BCUT2D eigenvalue weighted by atomic mass is 10.00. The molecule has 0 saturated carbocycles. The van der Waals surface area contributed by atoms with Crippen molar-refractivity contribution in [2.24, 2.45) is 5.92 Å². The van der Waals surface area contributed by atoms with Crippen LogP contribution in [0.15, 0.2) is 48.5 Å². The van der Waals surface area contributed by atoms with Gasteiger partial charge in [0.1, 0.15) is 24.4 Å². The summed E-state index contributed by atoms with van der Waals surface area (Å²) in [5, 5.41) is 12.2. The van der Waals surface area contributed by atoms with Gasteiger partial charge in [-0.25, -0.2) is 0 Å². The van der Waals surface area contributed by atoms with Crippen molar-refractivity contribution in [3.63, 3.8) is 0 Å². The number of hydrogen-bond acceptors (Lipinski definition) is 6.